The molecule has 10 heavy (non-hydrogen) atoms. The zero-order valence-corrected chi connectivity index (χ0v) is 6.20. The molecule has 0 aromatic heterocycles. The van der Waals surface area contributed by atoms with Crippen LogP contribution in [0.2, 0.25) is 0 Å². The Kier molecular flexibility index (Phi) is 5.87. The number of aliphatic carboxylic acids is 1. The van der Waals surface area contributed by atoms with Gasteiger partial charge >= 0.3 is 5.97 Å². The van der Waals surface area contributed by atoms with Gasteiger partial charge < -0.3 is 16.6 Å². The highest BCUT2D eigenvalue weighted by atomic mass is 28.1. The molecule has 0 saturated carbocycles. The first-order chi connectivity index (χ1) is 4.04. The third-order valence-electron chi connectivity index (χ3n) is 0.738. The zero-order valence-electron chi connectivity index (χ0n) is 5.20. The summed E-state index contributed by atoms with van der Waals surface area (Å²) in [5.41, 5.74) is 9.57. The van der Waals surface area contributed by atoms with Crippen LogP contribution >= 0.6 is 0 Å². The third kappa shape index (κ3) is 5.26. The average molecular weight is 160 g/mol. The zero-order chi connectivity index (χ0) is 7.44. The maximum absolute atomic E-state index is 9.99. The molecule has 0 aliphatic heterocycles. The Morgan fingerprint density at radius 2 is 1.90 bits per heavy atom. The summed E-state index contributed by atoms with van der Waals surface area (Å²) in [4.78, 5) is 19.9. The van der Waals surface area contributed by atoms with Crippen molar-refractivity contribution in [2.24, 2.45) is 11.5 Å². The molecule has 0 aromatic rings. The fourth-order valence-electron chi connectivity index (χ4n) is 0.304. The van der Waals surface area contributed by atoms with E-state index in [4.69, 9.17) is 10.8 Å². The second-order valence-electron chi connectivity index (χ2n) is 1.62. The molecule has 5 N–H and O–H groups in total. The fourth-order valence-corrected chi connectivity index (χ4v) is 0.304. The van der Waals surface area contributed by atoms with Crippen molar-refractivity contribution in [2.45, 2.75) is 12.5 Å². The number of hydrogen-bond donors (Lipinski definition) is 3. The number of rotatable bonds is 3. The van der Waals surface area contributed by atoms with Crippen molar-refractivity contribution in [3.8, 4) is 0 Å². The number of hydrogen-bond acceptors (Lipinski definition) is 3. The predicted octanol–water partition coefficient (Wildman–Crippen LogP) is -2.11. The van der Waals surface area contributed by atoms with E-state index in [1.807, 2.05) is 0 Å². The molecule has 0 saturated heterocycles. The van der Waals surface area contributed by atoms with Crippen LogP contribution in [0.25, 0.3) is 0 Å². The Labute approximate surface area is 62.4 Å². The second kappa shape index (κ2) is 4.95. The summed E-state index contributed by atoms with van der Waals surface area (Å²) < 4.78 is 0. The van der Waals surface area contributed by atoms with Gasteiger partial charge in [-0.1, -0.05) is 0 Å². The molecule has 0 spiro atoms. The molecule has 0 aromatic carbocycles. The monoisotopic (exact) mass is 160 g/mol. The van der Waals surface area contributed by atoms with Crippen molar-refractivity contribution >= 4 is 22.8 Å². The van der Waals surface area contributed by atoms with Gasteiger partial charge in [0.05, 0.1) is 6.42 Å². The van der Waals surface area contributed by atoms with Crippen LogP contribution in [0.5, 0.6) is 0 Å². The average Bonchev–Trinajstić information content (AvgIpc) is 1.63. The molecule has 0 bridgehead atoms. The normalized spacial score (nSPS) is 11.3. The predicted molar refractivity (Wildman–Crippen MR) is 35.2 cm³/mol. The van der Waals surface area contributed by atoms with Gasteiger partial charge in [-0.15, -0.1) is 0 Å². The maximum Gasteiger partial charge on any atom is 0.321 e. The van der Waals surface area contributed by atoms with Crippen molar-refractivity contribution < 1.29 is 14.7 Å². The van der Waals surface area contributed by atoms with Gasteiger partial charge in [-0.3, -0.25) is 9.59 Å². The van der Waals surface area contributed by atoms with E-state index in [1.54, 1.807) is 0 Å². The number of carbonyl (C=O) groups excluding carboxylic acids is 1. The van der Waals surface area contributed by atoms with Crippen LogP contribution in [0.4, 0.5) is 0 Å². The SMILES string of the molecule is NC(=O)C[C@H](N)C(=O)O.[Si]. The number of nitrogens with two attached hydrogens (primary N) is 2. The van der Waals surface area contributed by atoms with Gasteiger partial charge in [0.1, 0.15) is 6.04 Å². The van der Waals surface area contributed by atoms with Crippen LogP contribution in [0, 0.1) is 0 Å². The largest absolute Gasteiger partial charge is 0.480 e. The van der Waals surface area contributed by atoms with Crippen LogP contribution < -0.4 is 11.5 Å². The van der Waals surface area contributed by atoms with Crippen LogP contribution in [0.3, 0.4) is 0 Å². The molecule has 0 heterocycles. The van der Waals surface area contributed by atoms with Crippen molar-refractivity contribution in [2.75, 3.05) is 0 Å². The van der Waals surface area contributed by atoms with E-state index in [1.165, 1.54) is 0 Å². The molecule has 4 radical (unpaired) electrons. The first kappa shape index (κ1) is 11.9. The lowest BCUT2D eigenvalue weighted by Gasteiger charge is -1.99. The molecule has 0 rings (SSSR count). The Morgan fingerprint density at radius 1 is 1.50 bits per heavy atom. The highest BCUT2D eigenvalue weighted by molar-refractivity contribution is 5.83. The lowest BCUT2D eigenvalue weighted by Crippen LogP contribution is -2.34. The van der Waals surface area contributed by atoms with Gasteiger partial charge in [0.2, 0.25) is 5.91 Å². The quantitative estimate of drug-likeness (QED) is 0.411. The summed E-state index contributed by atoms with van der Waals surface area (Å²) in [5.74, 6) is -1.92. The number of amides is 1. The lowest BCUT2D eigenvalue weighted by molar-refractivity contribution is -0.140. The van der Waals surface area contributed by atoms with Gasteiger partial charge in [0, 0.05) is 11.0 Å². The van der Waals surface area contributed by atoms with Gasteiger partial charge in [-0.05, 0) is 0 Å². The smallest absolute Gasteiger partial charge is 0.321 e. The molecule has 0 unspecified atom stereocenters. The fraction of sp³-hybridized carbons (Fsp3) is 0.500. The van der Waals surface area contributed by atoms with Gasteiger partial charge in [-0.25, -0.2) is 0 Å². The van der Waals surface area contributed by atoms with E-state index in [-0.39, 0.29) is 17.4 Å². The van der Waals surface area contributed by atoms with Crippen molar-refractivity contribution in [3.63, 3.8) is 0 Å². The molecule has 1 atom stereocenters. The van der Waals surface area contributed by atoms with E-state index in [2.05, 4.69) is 5.73 Å². The number of primary amides is 1. The van der Waals surface area contributed by atoms with Crippen LogP contribution in [-0.4, -0.2) is 34.0 Å². The summed E-state index contributed by atoms with van der Waals surface area (Å²) in [6.45, 7) is 0. The van der Waals surface area contributed by atoms with Crippen molar-refractivity contribution in [3.05, 3.63) is 0 Å². The van der Waals surface area contributed by atoms with Crippen LogP contribution in [0.15, 0.2) is 0 Å². The minimum atomic E-state index is -1.21. The Morgan fingerprint density at radius 3 is 2.00 bits per heavy atom. The van der Waals surface area contributed by atoms with Gasteiger partial charge in [-0.2, -0.15) is 0 Å². The lowest BCUT2D eigenvalue weighted by atomic mass is 10.2. The summed E-state index contributed by atoms with van der Waals surface area (Å²) in [6.07, 6.45) is -0.310. The number of carbonyl (C=O) groups is 2. The van der Waals surface area contributed by atoms with E-state index in [0.717, 1.165) is 0 Å². The molecule has 6 heteroatoms. The third-order valence-corrected chi connectivity index (χ3v) is 0.738. The summed E-state index contributed by atoms with van der Waals surface area (Å²) in [6, 6.07) is -1.16. The van der Waals surface area contributed by atoms with E-state index >= 15 is 0 Å². The summed E-state index contributed by atoms with van der Waals surface area (Å²) in [5, 5.41) is 8.10. The first-order valence-corrected chi connectivity index (χ1v) is 2.30. The highest BCUT2D eigenvalue weighted by Gasteiger charge is 2.13. The molecule has 56 valence electrons. The Bertz CT molecular complexity index is 138. The molecular weight excluding hydrogens is 152 g/mol. The van der Waals surface area contributed by atoms with Gasteiger partial charge in [0.25, 0.3) is 0 Å². The minimum absolute atomic E-state index is 0. The van der Waals surface area contributed by atoms with Crippen LogP contribution in [-0.2, 0) is 9.59 Å². The van der Waals surface area contributed by atoms with Crippen LogP contribution in [0.1, 0.15) is 6.42 Å². The van der Waals surface area contributed by atoms with E-state index < -0.39 is 17.9 Å². The summed E-state index contributed by atoms with van der Waals surface area (Å²) >= 11 is 0. The Balaban J connectivity index is 0. The molecule has 0 fully saturated rings. The maximum atomic E-state index is 9.99. The number of carboxylic acid groups (broad SMARTS) is 1. The highest BCUT2D eigenvalue weighted by Crippen LogP contribution is 1.84. The number of carboxylic acids is 1. The molecule has 0 aliphatic carbocycles. The second-order valence-corrected chi connectivity index (χ2v) is 1.62. The minimum Gasteiger partial charge on any atom is -0.480 e. The van der Waals surface area contributed by atoms with Crippen molar-refractivity contribution in [1.29, 1.82) is 0 Å². The Hall–Kier alpha value is -0.883. The molecule has 5 nitrogen and oxygen atoms in total. The standard InChI is InChI=1S/C4H8N2O3.Si/c5-2(4(8)9)1-3(6)7;/h2H,1,5H2,(H2,6,7)(H,8,9);/t2-;/m0./s1. The molecular formula is C4H8N2O3Si. The van der Waals surface area contributed by atoms with E-state index in [0.29, 0.717) is 0 Å². The molecule has 0 aliphatic rings. The van der Waals surface area contributed by atoms with Gasteiger partial charge in [0.15, 0.2) is 0 Å². The topological polar surface area (TPSA) is 106 Å². The summed E-state index contributed by atoms with van der Waals surface area (Å²) in [7, 11) is 0. The molecule has 1 amide bonds. The van der Waals surface area contributed by atoms with Crippen molar-refractivity contribution in [1.82, 2.24) is 0 Å². The van der Waals surface area contributed by atoms with E-state index in [9.17, 15) is 9.59 Å². The first-order valence-electron chi connectivity index (χ1n) is 2.30.